The molecule has 2 rings (SSSR count). The molecule has 0 radical (unpaired) electrons. The van der Waals surface area contributed by atoms with Gasteiger partial charge in [0.15, 0.2) is 0 Å². The zero-order valence-electron chi connectivity index (χ0n) is 9.94. The van der Waals surface area contributed by atoms with E-state index in [1.54, 1.807) is 12.1 Å². The third-order valence-corrected chi connectivity index (χ3v) is 4.18. The van der Waals surface area contributed by atoms with Crippen LogP contribution in [0.4, 0.5) is 10.1 Å². The van der Waals surface area contributed by atoms with Crippen molar-refractivity contribution in [2.45, 2.75) is 6.04 Å². The average molecular weight is 285 g/mol. The predicted octanol–water partition coefficient (Wildman–Crippen LogP) is 3.68. The molecule has 0 fully saturated rings. The molecule has 0 amide bonds. The van der Waals surface area contributed by atoms with Gasteiger partial charge in [-0.15, -0.1) is 11.3 Å². The smallest absolute Gasteiger partial charge is 0.146 e. The van der Waals surface area contributed by atoms with E-state index < -0.39 is 0 Å². The van der Waals surface area contributed by atoms with Crippen molar-refractivity contribution in [2.75, 3.05) is 18.5 Å². The summed E-state index contributed by atoms with van der Waals surface area (Å²) in [5.74, 6) is -0.249. The molecule has 2 N–H and O–H groups in total. The molecule has 1 atom stereocenters. The monoisotopic (exact) mass is 284 g/mol. The lowest BCUT2D eigenvalue weighted by Crippen LogP contribution is -2.30. The predicted molar refractivity (Wildman–Crippen MR) is 75.9 cm³/mol. The van der Waals surface area contributed by atoms with E-state index in [-0.39, 0.29) is 11.9 Å². The molecular weight excluding hydrogens is 271 g/mol. The normalized spacial score (nSPS) is 12.4. The molecule has 1 heterocycles. The van der Waals surface area contributed by atoms with Gasteiger partial charge < -0.3 is 10.6 Å². The number of anilines is 1. The van der Waals surface area contributed by atoms with Crippen LogP contribution < -0.4 is 10.6 Å². The van der Waals surface area contributed by atoms with Gasteiger partial charge in [0, 0.05) is 18.5 Å². The fourth-order valence-electron chi connectivity index (χ4n) is 1.88. The molecular formula is C13H14ClFN2S. The number of likely N-dealkylation sites (N-methyl/N-ethyl adjacent to an activating group) is 1. The summed E-state index contributed by atoms with van der Waals surface area (Å²) in [4.78, 5) is 2.88. The summed E-state index contributed by atoms with van der Waals surface area (Å²) in [6.45, 7) is 0.404. The van der Waals surface area contributed by atoms with Gasteiger partial charge in [0.05, 0.1) is 16.1 Å². The summed E-state index contributed by atoms with van der Waals surface area (Å²) >= 11 is 7.40. The van der Waals surface area contributed by atoms with Crippen LogP contribution in [0.25, 0.3) is 0 Å². The van der Waals surface area contributed by atoms with Gasteiger partial charge in [0.25, 0.3) is 0 Å². The first-order valence-electron chi connectivity index (χ1n) is 5.56. The molecule has 0 aliphatic carbocycles. The number of thiophene rings is 1. The number of benzene rings is 1. The van der Waals surface area contributed by atoms with E-state index in [0.717, 1.165) is 4.88 Å². The highest BCUT2D eigenvalue weighted by atomic mass is 35.5. The summed E-state index contributed by atoms with van der Waals surface area (Å²) < 4.78 is 14.5. The molecule has 0 bridgehead atoms. The van der Waals surface area contributed by atoms with Crippen LogP contribution in [0.1, 0.15) is 10.9 Å². The Hall–Kier alpha value is -1.10. The van der Waals surface area contributed by atoms with Gasteiger partial charge in [-0.25, -0.2) is 4.39 Å². The Labute approximate surface area is 115 Å². The van der Waals surface area contributed by atoms with E-state index >= 15 is 0 Å². The fourth-order valence-corrected chi connectivity index (χ4v) is 3.10. The molecule has 96 valence electrons. The number of rotatable bonds is 4. The lowest BCUT2D eigenvalue weighted by Gasteiger charge is -2.28. The molecule has 0 aliphatic heterocycles. The highest BCUT2D eigenvalue weighted by molar-refractivity contribution is 7.16. The summed E-state index contributed by atoms with van der Waals surface area (Å²) in [7, 11) is 1.84. The molecule has 1 aromatic carbocycles. The Morgan fingerprint density at radius 3 is 2.61 bits per heavy atom. The molecule has 0 saturated carbocycles. The van der Waals surface area contributed by atoms with Crippen molar-refractivity contribution >= 4 is 28.6 Å². The van der Waals surface area contributed by atoms with E-state index in [2.05, 4.69) is 0 Å². The van der Waals surface area contributed by atoms with E-state index in [1.165, 1.54) is 17.4 Å². The minimum Gasteiger partial charge on any atom is -0.363 e. The molecule has 1 unspecified atom stereocenters. The Balaban J connectivity index is 2.31. The first-order chi connectivity index (χ1) is 8.63. The van der Waals surface area contributed by atoms with Crippen molar-refractivity contribution in [3.8, 4) is 0 Å². The Morgan fingerprint density at radius 1 is 1.33 bits per heavy atom. The van der Waals surface area contributed by atoms with E-state index in [0.29, 0.717) is 16.6 Å². The number of nitrogens with two attached hydrogens (primary N) is 1. The molecule has 0 aliphatic rings. The van der Waals surface area contributed by atoms with Crippen LogP contribution in [0.15, 0.2) is 36.4 Å². The average Bonchev–Trinajstić information content (AvgIpc) is 2.77. The second-order valence-electron chi connectivity index (χ2n) is 3.96. The number of para-hydroxylation sites is 1. The number of nitrogens with zero attached hydrogens (tertiary/aromatic N) is 1. The standard InChI is InChI=1S/C13H14ClFN2S/c1-17(10-5-3-2-4-9(10)15)11(8-16)12-6-7-13(14)18-12/h2-7,11H,8,16H2,1H3. The number of hydrogen-bond donors (Lipinski definition) is 1. The van der Waals surface area contributed by atoms with Crippen LogP contribution in [-0.2, 0) is 0 Å². The van der Waals surface area contributed by atoms with Crippen LogP contribution in [-0.4, -0.2) is 13.6 Å². The van der Waals surface area contributed by atoms with Crippen molar-refractivity contribution in [1.82, 2.24) is 0 Å². The summed E-state index contributed by atoms with van der Waals surface area (Å²) in [5.41, 5.74) is 6.34. The van der Waals surface area contributed by atoms with Crippen molar-refractivity contribution in [1.29, 1.82) is 0 Å². The third-order valence-electron chi connectivity index (χ3n) is 2.85. The van der Waals surface area contributed by atoms with Crippen molar-refractivity contribution < 1.29 is 4.39 Å². The SMILES string of the molecule is CN(c1ccccc1F)C(CN)c1ccc(Cl)s1. The molecule has 0 spiro atoms. The zero-order chi connectivity index (χ0) is 13.1. The van der Waals surface area contributed by atoms with Crippen molar-refractivity contribution in [3.05, 3.63) is 51.4 Å². The van der Waals surface area contributed by atoms with Crippen LogP contribution >= 0.6 is 22.9 Å². The largest absolute Gasteiger partial charge is 0.363 e. The summed E-state index contributed by atoms with van der Waals surface area (Å²) in [6.07, 6.45) is 0. The molecule has 18 heavy (non-hydrogen) atoms. The van der Waals surface area contributed by atoms with Gasteiger partial charge in [-0.1, -0.05) is 23.7 Å². The van der Waals surface area contributed by atoms with Crippen LogP contribution in [0.2, 0.25) is 4.34 Å². The molecule has 1 aromatic heterocycles. The first-order valence-corrected chi connectivity index (χ1v) is 6.75. The van der Waals surface area contributed by atoms with Crippen LogP contribution in [0.5, 0.6) is 0 Å². The van der Waals surface area contributed by atoms with Gasteiger partial charge in [-0.2, -0.15) is 0 Å². The molecule has 2 nitrogen and oxygen atoms in total. The second-order valence-corrected chi connectivity index (χ2v) is 5.70. The topological polar surface area (TPSA) is 29.3 Å². The highest BCUT2D eigenvalue weighted by Crippen LogP contribution is 2.32. The van der Waals surface area contributed by atoms with Gasteiger partial charge in [0.2, 0.25) is 0 Å². The summed E-state index contributed by atoms with van der Waals surface area (Å²) in [6, 6.07) is 10.4. The maximum Gasteiger partial charge on any atom is 0.146 e. The van der Waals surface area contributed by atoms with Crippen LogP contribution in [0, 0.1) is 5.82 Å². The fraction of sp³-hybridized carbons (Fsp3) is 0.231. The maximum absolute atomic E-state index is 13.8. The highest BCUT2D eigenvalue weighted by Gasteiger charge is 2.19. The van der Waals surface area contributed by atoms with Gasteiger partial charge in [0.1, 0.15) is 5.82 Å². The second kappa shape index (κ2) is 5.69. The zero-order valence-corrected chi connectivity index (χ0v) is 11.5. The number of hydrogen-bond acceptors (Lipinski definition) is 3. The Bertz CT molecular complexity index is 529. The minimum absolute atomic E-state index is 0.0700. The molecule has 5 heteroatoms. The van der Waals surface area contributed by atoms with E-state index in [9.17, 15) is 4.39 Å². The van der Waals surface area contributed by atoms with E-state index in [4.69, 9.17) is 17.3 Å². The van der Waals surface area contributed by atoms with E-state index in [1.807, 2.05) is 30.1 Å². The Morgan fingerprint density at radius 2 is 2.06 bits per heavy atom. The minimum atomic E-state index is -0.249. The van der Waals surface area contributed by atoms with Gasteiger partial charge in [-0.05, 0) is 24.3 Å². The third kappa shape index (κ3) is 2.66. The maximum atomic E-state index is 13.8. The first kappa shape index (κ1) is 13.3. The van der Waals surface area contributed by atoms with Crippen molar-refractivity contribution in [3.63, 3.8) is 0 Å². The number of halogens is 2. The van der Waals surface area contributed by atoms with Gasteiger partial charge >= 0.3 is 0 Å². The lowest BCUT2D eigenvalue weighted by atomic mass is 10.2. The molecule has 0 saturated heterocycles. The van der Waals surface area contributed by atoms with Gasteiger partial charge in [-0.3, -0.25) is 0 Å². The lowest BCUT2D eigenvalue weighted by molar-refractivity contribution is 0.605. The Kier molecular flexibility index (Phi) is 4.22. The molecule has 2 aromatic rings. The van der Waals surface area contributed by atoms with Crippen molar-refractivity contribution in [2.24, 2.45) is 5.73 Å². The van der Waals surface area contributed by atoms with Crippen LogP contribution in [0.3, 0.4) is 0 Å². The quantitative estimate of drug-likeness (QED) is 0.928. The summed E-state index contributed by atoms with van der Waals surface area (Å²) in [5, 5.41) is 0.